The van der Waals surface area contributed by atoms with Crippen molar-refractivity contribution in [3.8, 4) is 11.3 Å². The fourth-order valence-corrected chi connectivity index (χ4v) is 2.70. The third-order valence-electron chi connectivity index (χ3n) is 2.56. The third-order valence-corrected chi connectivity index (χ3v) is 3.82. The van der Waals surface area contributed by atoms with Crippen molar-refractivity contribution in [1.82, 2.24) is 15.0 Å². The molecule has 0 aliphatic rings. The summed E-state index contributed by atoms with van der Waals surface area (Å²) in [6.45, 7) is 1.95. The Bertz CT molecular complexity index is 671. The third kappa shape index (κ3) is 1.94. The monoisotopic (exact) mass is 263 g/mol. The maximum atomic E-state index is 5.76. The van der Waals surface area contributed by atoms with Crippen LogP contribution in [0.15, 0.2) is 23.6 Å². The van der Waals surface area contributed by atoms with Gasteiger partial charge in [-0.2, -0.15) is 0 Å². The number of hydrogen-bond acceptors (Lipinski definition) is 3. The number of aromatic nitrogens is 3. The molecule has 3 aromatic rings. The standard InChI is InChI=1S/C12H10ClN3S/c1-7-14-9-3-2-8(4-10(9)15-7)11-6-17-12(5-13)16-11/h2-4,6H,5H2,1H3,(H,14,15). The number of hydrogen-bond donors (Lipinski definition) is 1. The topological polar surface area (TPSA) is 41.6 Å². The van der Waals surface area contributed by atoms with Crippen LogP contribution in [0.3, 0.4) is 0 Å². The fraction of sp³-hybridized carbons (Fsp3) is 0.167. The molecule has 2 aromatic heterocycles. The molecular weight excluding hydrogens is 254 g/mol. The van der Waals surface area contributed by atoms with Gasteiger partial charge in [0, 0.05) is 10.9 Å². The summed E-state index contributed by atoms with van der Waals surface area (Å²) in [6.07, 6.45) is 0. The first kappa shape index (κ1) is 10.7. The molecule has 0 radical (unpaired) electrons. The summed E-state index contributed by atoms with van der Waals surface area (Å²) in [5, 5.41) is 2.98. The summed E-state index contributed by atoms with van der Waals surface area (Å²) in [4.78, 5) is 12.1. The maximum absolute atomic E-state index is 5.76. The molecule has 1 aromatic carbocycles. The number of rotatable bonds is 2. The van der Waals surface area contributed by atoms with Crippen LogP contribution in [-0.2, 0) is 5.88 Å². The van der Waals surface area contributed by atoms with Crippen LogP contribution in [0, 0.1) is 6.92 Å². The second kappa shape index (κ2) is 4.13. The van der Waals surface area contributed by atoms with Gasteiger partial charge in [-0.15, -0.1) is 22.9 Å². The van der Waals surface area contributed by atoms with Crippen molar-refractivity contribution in [2.24, 2.45) is 0 Å². The van der Waals surface area contributed by atoms with E-state index in [0.717, 1.165) is 33.1 Å². The molecule has 0 saturated carbocycles. The molecule has 2 heterocycles. The summed E-state index contributed by atoms with van der Waals surface area (Å²) < 4.78 is 0. The van der Waals surface area contributed by atoms with Crippen LogP contribution in [-0.4, -0.2) is 15.0 Å². The Hall–Kier alpha value is -1.39. The zero-order chi connectivity index (χ0) is 11.8. The minimum atomic E-state index is 0.468. The molecule has 0 amide bonds. The molecule has 0 unspecified atom stereocenters. The number of benzene rings is 1. The summed E-state index contributed by atoms with van der Waals surface area (Å²) >= 11 is 7.34. The van der Waals surface area contributed by atoms with Crippen LogP contribution in [0.2, 0.25) is 0 Å². The molecule has 0 atom stereocenters. The highest BCUT2D eigenvalue weighted by molar-refractivity contribution is 7.10. The highest BCUT2D eigenvalue weighted by Gasteiger charge is 2.06. The van der Waals surface area contributed by atoms with E-state index in [1.165, 1.54) is 0 Å². The Morgan fingerprint density at radius 2 is 2.24 bits per heavy atom. The molecule has 0 aliphatic heterocycles. The summed E-state index contributed by atoms with van der Waals surface area (Å²) in [5.41, 5.74) is 4.09. The van der Waals surface area contributed by atoms with Crippen molar-refractivity contribution < 1.29 is 0 Å². The fourth-order valence-electron chi connectivity index (χ4n) is 1.80. The Morgan fingerprint density at radius 3 is 3.00 bits per heavy atom. The number of fused-ring (bicyclic) bond motifs is 1. The predicted octanol–water partition coefficient (Wildman–Crippen LogP) is 3.73. The number of imidazole rings is 1. The number of H-pyrrole nitrogens is 1. The molecule has 0 aliphatic carbocycles. The van der Waals surface area contributed by atoms with Crippen molar-refractivity contribution in [2.75, 3.05) is 0 Å². The molecule has 86 valence electrons. The number of alkyl halides is 1. The van der Waals surface area contributed by atoms with Crippen LogP contribution in [0.1, 0.15) is 10.8 Å². The van der Waals surface area contributed by atoms with Gasteiger partial charge >= 0.3 is 0 Å². The minimum absolute atomic E-state index is 0.468. The van der Waals surface area contributed by atoms with Gasteiger partial charge in [0.1, 0.15) is 10.8 Å². The van der Waals surface area contributed by atoms with Crippen LogP contribution in [0.4, 0.5) is 0 Å². The Morgan fingerprint density at radius 1 is 1.35 bits per heavy atom. The molecular formula is C12H10ClN3S. The minimum Gasteiger partial charge on any atom is -0.342 e. The average molecular weight is 264 g/mol. The predicted molar refractivity (Wildman–Crippen MR) is 71.5 cm³/mol. The van der Waals surface area contributed by atoms with Crippen molar-refractivity contribution >= 4 is 34.0 Å². The van der Waals surface area contributed by atoms with E-state index < -0.39 is 0 Å². The number of nitrogens with one attached hydrogen (secondary N) is 1. The van der Waals surface area contributed by atoms with Gasteiger partial charge in [0.2, 0.25) is 0 Å². The quantitative estimate of drug-likeness (QED) is 0.716. The summed E-state index contributed by atoms with van der Waals surface area (Å²) in [5.74, 6) is 1.40. The lowest BCUT2D eigenvalue weighted by Crippen LogP contribution is -1.80. The first-order valence-electron chi connectivity index (χ1n) is 5.23. The van der Waals surface area contributed by atoms with Crippen molar-refractivity contribution in [3.63, 3.8) is 0 Å². The van der Waals surface area contributed by atoms with E-state index in [-0.39, 0.29) is 0 Å². The Labute approximate surface area is 107 Å². The number of nitrogens with zero attached hydrogens (tertiary/aromatic N) is 2. The Balaban J connectivity index is 2.10. The van der Waals surface area contributed by atoms with E-state index in [1.807, 2.05) is 24.4 Å². The number of halogens is 1. The molecule has 0 saturated heterocycles. The second-order valence-electron chi connectivity index (χ2n) is 3.81. The van der Waals surface area contributed by atoms with Crippen molar-refractivity contribution in [3.05, 3.63) is 34.4 Å². The molecule has 0 spiro atoms. The normalized spacial score (nSPS) is 11.2. The maximum Gasteiger partial charge on any atom is 0.108 e. The molecule has 0 bridgehead atoms. The van der Waals surface area contributed by atoms with Gasteiger partial charge < -0.3 is 4.98 Å². The van der Waals surface area contributed by atoms with Crippen LogP contribution in [0.5, 0.6) is 0 Å². The van der Waals surface area contributed by atoms with E-state index in [1.54, 1.807) is 11.3 Å². The van der Waals surface area contributed by atoms with Gasteiger partial charge in [0.25, 0.3) is 0 Å². The van der Waals surface area contributed by atoms with Gasteiger partial charge in [-0.25, -0.2) is 9.97 Å². The lowest BCUT2D eigenvalue weighted by atomic mass is 10.1. The first-order valence-corrected chi connectivity index (χ1v) is 6.65. The van der Waals surface area contributed by atoms with Crippen LogP contribution < -0.4 is 0 Å². The molecule has 3 nitrogen and oxygen atoms in total. The van der Waals surface area contributed by atoms with Crippen molar-refractivity contribution in [1.29, 1.82) is 0 Å². The van der Waals surface area contributed by atoms with Crippen LogP contribution in [0.25, 0.3) is 22.3 Å². The summed E-state index contributed by atoms with van der Waals surface area (Å²) in [7, 11) is 0. The summed E-state index contributed by atoms with van der Waals surface area (Å²) in [6, 6.07) is 6.12. The molecule has 1 N–H and O–H groups in total. The van der Waals surface area contributed by atoms with Gasteiger partial charge in [0.05, 0.1) is 22.6 Å². The smallest absolute Gasteiger partial charge is 0.108 e. The molecule has 17 heavy (non-hydrogen) atoms. The number of thiazole rings is 1. The van der Waals surface area contributed by atoms with Gasteiger partial charge in [-0.3, -0.25) is 0 Å². The largest absolute Gasteiger partial charge is 0.342 e. The van der Waals surface area contributed by atoms with Gasteiger partial charge in [-0.1, -0.05) is 6.07 Å². The van der Waals surface area contributed by atoms with E-state index >= 15 is 0 Å². The highest BCUT2D eigenvalue weighted by Crippen LogP contribution is 2.25. The highest BCUT2D eigenvalue weighted by atomic mass is 35.5. The lowest BCUT2D eigenvalue weighted by Gasteiger charge is -1.96. The SMILES string of the molecule is Cc1nc2ccc(-c3csc(CCl)n3)cc2[nH]1. The van der Waals surface area contributed by atoms with Crippen LogP contribution >= 0.6 is 22.9 Å². The number of aryl methyl sites for hydroxylation is 1. The zero-order valence-corrected chi connectivity index (χ0v) is 10.8. The average Bonchev–Trinajstić information content (AvgIpc) is 2.92. The van der Waals surface area contributed by atoms with Crippen molar-refractivity contribution in [2.45, 2.75) is 12.8 Å². The van der Waals surface area contributed by atoms with E-state index in [0.29, 0.717) is 5.88 Å². The zero-order valence-electron chi connectivity index (χ0n) is 9.20. The molecule has 5 heteroatoms. The van der Waals surface area contributed by atoms with E-state index in [4.69, 9.17) is 11.6 Å². The Kier molecular flexibility index (Phi) is 2.61. The molecule has 0 fully saturated rings. The number of aromatic amines is 1. The lowest BCUT2D eigenvalue weighted by molar-refractivity contribution is 1.17. The second-order valence-corrected chi connectivity index (χ2v) is 5.02. The first-order chi connectivity index (χ1) is 8.26. The van der Waals surface area contributed by atoms with Gasteiger partial charge in [0.15, 0.2) is 0 Å². The van der Waals surface area contributed by atoms with Gasteiger partial charge in [-0.05, 0) is 19.1 Å². The molecule has 3 rings (SSSR count). The van der Waals surface area contributed by atoms with E-state index in [9.17, 15) is 0 Å². The van der Waals surface area contributed by atoms with E-state index in [2.05, 4.69) is 21.0 Å².